The molecule has 3 aromatic carbocycles. The molecule has 0 spiro atoms. The molecule has 0 heterocycles. The molecule has 3 aromatic rings. The average Bonchev–Trinajstić information content (AvgIpc) is 2.82. The normalized spacial score (nSPS) is 11.3. The van der Waals surface area contributed by atoms with E-state index >= 15 is 0 Å². The lowest BCUT2D eigenvalue weighted by molar-refractivity contribution is 0.0951. The number of carbonyl (C=O) groups is 1. The standard InChI is InChI=1S/C28H34N2O5S/c1-19(2)35-26-14-11-23(16-27(26)34-5)17-29-28(31)24-12-9-22(10-13-24)18-30(36(6,32)33)25-15-20(3)7-8-21(25)4/h7-16,19H,17-18H2,1-6H3,(H,29,31). The number of aryl methyl sites for hydroxylation is 2. The van der Waals surface area contributed by atoms with Gasteiger partial charge in [-0.15, -0.1) is 0 Å². The highest BCUT2D eigenvalue weighted by Crippen LogP contribution is 2.29. The van der Waals surface area contributed by atoms with Crippen molar-refractivity contribution in [1.82, 2.24) is 5.32 Å². The Morgan fingerprint density at radius 2 is 1.61 bits per heavy atom. The molecule has 36 heavy (non-hydrogen) atoms. The van der Waals surface area contributed by atoms with Gasteiger partial charge in [0.25, 0.3) is 5.91 Å². The maximum Gasteiger partial charge on any atom is 0.251 e. The van der Waals surface area contributed by atoms with Gasteiger partial charge in [-0.1, -0.05) is 30.3 Å². The summed E-state index contributed by atoms with van der Waals surface area (Å²) in [7, 11) is -1.92. The molecule has 1 N–H and O–H groups in total. The lowest BCUT2D eigenvalue weighted by Crippen LogP contribution is -2.30. The average molecular weight is 511 g/mol. The molecule has 0 saturated heterocycles. The molecule has 3 rings (SSSR count). The zero-order chi connectivity index (χ0) is 26.5. The lowest BCUT2D eigenvalue weighted by atomic mass is 10.1. The molecule has 0 aromatic heterocycles. The second-order valence-electron chi connectivity index (χ2n) is 9.09. The first-order chi connectivity index (χ1) is 17.0. The zero-order valence-electron chi connectivity index (χ0n) is 21.7. The molecule has 0 aliphatic heterocycles. The molecular formula is C28H34N2O5S. The van der Waals surface area contributed by atoms with Crippen LogP contribution in [0.3, 0.4) is 0 Å². The first-order valence-corrected chi connectivity index (χ1v) is 13.6. The molecule has 0 saturated carbocycles. The Kier molecular flexibility index (Phi) is 8.63. The summed E-state index contributed by atoms with van der Waals surface area (Å²) in [5, 5.41) is 2.91. The van der Waals surface area contributed by atoms with Crippen LogP contribution in [-0.4, -0.2) is 33.8 Å². The van der Waals surface area contributed by atoms with Gasteiger partial charge >= 0.3 is 0 Å². The van der Waals surface area contributed by atoms with Crippen molar-refractivity contribution in [2.45, 2.75) is 46.9 Å². The van der Waals surface area contributed by atoms with Gasteiger partial charge in [0.15, 0.2) is 11.5 Å². The van der Waals surface area contributed by atoms with Gasteiger partial charge in [-0.25, -0.2) is 8.42 Å². The number of ether oxygens (including phenoxy) is 2. The number of anilines is 1. The van der Waals surface area contributed by atoms with Crippen LogP contribution in [0.4, 0.5) is 5.69 Å². The maximum absolute atomic E-state index is 12.7. The molecule has 0 atom stereocenters. The number of hydrogen-bond acceptors (Lipinski definition) is 5. The van der Waals surface area contributed by atoms with Crippen molar-refractivity contribution >= 4 is 21.6 Å². The summed E-state index contributed by atoms with van der Waals surface area (Å²) in [6.45, 7) is 8.22. The Labute approximate surface area is 214 Å². The summed E-state index contributed by atoms with van der Waals surface area (Å²) in [5.41, 5.74) is 4.66. The number of carbonyl (C=O) groups excluding carboxylic acids is 1. The van der Waals surface area contributed by atoms with Crippen molar-refractivity contribution in [2.75, 3.05) is 17.7 Å². The molecule has 0 fully saturated rings. The number of methoxy groups -OCH3 is 1. The molecule has 0 aliphatic carbocycles. The van der Waals surface area contributed by atoms with Crippen LogP contribution in [-0.2, 0) is 23.1 Å². The van der Waals surface area contributed by atoms with Crippen LogP contribution < -0.4 is 19.1 Å². The minimum atomic E-state index is -3.50. The largest absolute Gasteiger partial charge is 0.493 e. The van der Waals surface area contributed by atoms with Gasteiger partial charge in [-0.05, 0) is 80.3 Å². The third-order valence-corrected chi connectivity index (χ3v) is 6.75. The van der Waals surface area contributed by atoms with E-state index in [1.807, 2.05) is 64.1 Å². The Bertz CT molecular complexity index is 1320. The van der Waals surface area contributed by atoms with E-state index in [2.05, 4.69) is 5.32 Å². The van der Waals surface area contributed by atoms with Crippen LogP contribution >= 0.6 is 0 Å². The number of nitrogens with one attached hydrogen (secondary N) is 1. The Morgan fingerprint density at radius 3 is 2.22 bits per heavy atom. The van der Waals surface area contributed by atoms with Crippen molar-refractivity contribution < 1.29 is 22.7 Å². The molecule has 7 nitrogen and oxygen atoms in total. The summed E-state index contributed by atoms with van der Waals surface area (Å²) < 4.78 is 37.7. The number of rotatable bonds is 10. The number of benzene rings is 3. The topological polar surface area (TPSA) is 84.9 Å². The highest BCUT2D eigenvalue weighted by molar-refractivity contribution is 7.92. The fourth-order valence-corrected chi connectivity index (χ4v) is 4.69. The van der Waals surface area contributed by atoms with Crippen molar-refractivity contribution in [2.24, 2.45) is 0 Å². The lowest BCUT2D eigenvalue weighted by Gasteiger charge is -2.25. The fourth-order valence-electron chi connectivity index (χ4n) is 3.75. The first kappa shape index (κ1) is 27.1. The van der Waals surface area contributed by atoms with Crippen LogP contribution in [0.5, 0.6) is 11.5 Å². The fraction of sp³-hybridized carbons (Fsp3) is 0.321. The smallest absolute Gasteiger partial charge is 0.251 e. The first-order valence-electron chi connectivity index (χ1n) is 11.7. The predicted octanol–water partition coefficient (Wildman–Crippen LogP) is 5.00. The molecule has 0 unspecified atom stereocenters. The van der Waals surface area contributed by atoms with E-state index in [0.29, 0.717) is 29.3 Å². The number of amides is 1. The van der Waals surface area contributed by atoms with Crippen molar-refractivity contribution in [1.29, 1.82) is 0 Å². The van der Waals surface area contributed by atoms with Gasteiger partial charge in [0.1, 0.15) is 0 Å². The Balaban J connectivity index is 1.69. The molecule has 192 valence electrons. The van der Waals surface area contributed by atoms with E-state index in [9.17, 15) is 13.2 Å². The van der Waals surface area contributed by atoms with Gasteiger partial charge in [-0.2, -0.15) is 0 Å². The van der Waals surface area contributed by atoms with Crippen molar-refractivity contribution in [3.8, 4) is 11.5 Å². The third-order valence-electron chi connectivity index (χ3n) is 5.62. The van der Waals surface area contributed by atoms with Crippen LogP contribution in [0.2, 0.25) is 0 Å². The van der Waals surface area contributed by atoms with E-state index in [0.717, 1.165) is 22.3 Å². The number of hydrogen-bond donors (Lipinski definition) is 1. The van der Waals surface area contributed by atoms with E-state index in [4.69, 9.17) is 9.47 Å². The van der Waals surface area contributed by atoms with Crippen molar-refractivity contribution in [3.05, 3.63) is 88.5 Å². The highest BCUT2D eigenvalue weighted by atomic mass is 32.2. The summed E-state index contributed by atoms with van der Waals surface area (Å²) in [6.07, 6.45) is 1.23. The van der Waals surface area contributed by atoms with E-state index < -0.39 is 10.0 Å². The third kappa shape index (κ3) is 7.01. The molecule has 8 heteroatoms. The van der Waals surface area contributed by atoms with E-state index in [1.54, 1.807) is 31.4 Å². The maximum atomic E-state index is 12.7. The van der Waals surface area contributed by atoms with Gasteiger partial charge in [0, 0.05) is 12.1 Å². The second-order valence-corrected chi connectivity index (χ2v) is 11.0. The quantitative estimate of drug-likeness (QED) is 0.415. The molecule has 0 radical (unpaired) electrons. The van der Waals surface area contributed by atoms with Crippen LogP contribution in [0.15, 0.2) is 60.7 Å². The second kappa shape index (κ2) is 11.5. The van der Waals surface area contributed by atoms with E-state index in [-0.39, 0.29) is 18.6 Å². The van der Waals surface area contributed by atoms with Gasteiger partial charge in [0.05, 0.1) is 31.7 Å². The summed E-state index contributed by atoms with van der Waals surface area (Å²) in [4.78, 5) is 12.7. The van der Waals surface area contributed by atoms with Crippen LogP contribution in [0.25, 0.3) is 0 Å². The zero-order valence-corrected chi connectivity index (χ0v) is 22.5. The molecule has 0 bridgehead atoms. The monoisotopic (exact) mass is 510 g/mol. The van der Waals surface area contributed by atoms with Gasteiger partial charge in [0.2, 0.25) is 10.0 Å². The molecule has 1 amide bonds. The summed E-state index contributed by atoms with van der Waals surface area (Å²) in [5.74, 6) is 1.04. The van der Waals surface area contributed by atoms with Crippen LogP contribution in [0.1, 0.15) is 46.5 Å². The highest BCUT2D eigenvalue weighted by Gasteiger charge is 2.20. The van der Waals surface area contributed by atoms with Gasteiger partial charge < -0.3 is 14.8 Å². The predicted molar refractivity (Wildman–Crippen MR) is 143 cm³/mol. The Hall–Kier alpha value is -3.52. The number of sulfonamides is 1. The summed E-state index contributed by atoms with van der Waals surface area (Å²) >= 11 is 0. The minimum Gasteiger partial charge on any atom is -0.493 e. The van der Waals surface area contributed by atoms with Crippen LogP contribution in [0, 0.1) is 13.8 Å². The number of nitrogens with zero attached hydrogens (tertiary/aromatic N) is 1. The molecule has 0 aliphatic rings. The van der Waals surface area contributed by atoms with Gasteiger partial charge in [-0.3, -0.25) is 9.10 Å². The summed E-state index contributed by atoms with van der Waals surface area (Å²) in [6, 6.07) is 18.3. The Morgan fingerprint density at radius 1 is 0.944 bits per heavy atom. The van der Waals surface area contributed by atoms with Crippen molar-refractivity contribution in [3.63, 3.8) is 0 Å². The van der Waals surface area contributed by atoms with E-state index in [1.165, 1.54) is 10.6 Å². The SMILES string of the molecule is COc1cc(CNC(=O)c2ccc(CN(c3cc(C)ccc3C)S(C)(=O)=O)cc2)ccc1OC(C)C. The minimum absolute atomic E-state index is 0.0257. The molecular weight excluding hydrogens is 476 g/mol.